The molecule has 34 heavy (non-hydrogen) atoms. The number of nitriles is 1. The van der Waals surface area contributed by atoms with Crippen LogP contribution in [0, 0.1) is 11.3 Å². The lowest BCUT2D eigenvalue weighted by atomic mass is 9.95. The van der Waals surface area contributed by atoms with Crippen LogP contribution in [-0.2, 0) is 0 Å². The maximum Gasteiger partial charge on any atom is 0.0998 e. The van der Waals surface area contributed by atoms with Crippen molar-refractivity contribution in [2.24, 2.45) is 0 Å². The summed E-state index contributed by atoms with van der Waals surface area (Å²) in [5.41, 5.74) is 4.27. The Morgan fingerprint density at radius 2 is 1.24 bits per heavy atom. The van der Waals surface area contributed by atoms with Crippen molar-refractivity contribution in [1.82, 2.24) is 0 Å². The first-order chi connectivity index (χ1) is 16.8. The minimum absolute atomic E-state index is 0.720. The molecule has 0 amide bonds. The summed E-state index contributed by atoms with van der Waals surface area (Å²) in [6.45, 7) is 0. The molecule has 0 spiro atoms. The van der Waals surface area contributed by atoms with Gasteiger partial charge in [0.15, 0.2) is 0 Å². The zero-order valence-corrected chi connectivity index (χ0v) is 19.0. The highest BCUT2D eigenvalue weighted by atomic mass is 32.2. The number of rotatable bonds is 1. The molecule has 1 aliphatic heterocycles. The van der Waals surface area contributed by atoms with Crippen molar-refractivity contribution in [2.75, 3.05) is 4.90 Å². The van der Waals surface area contributed by atoms with E-state index in [9.17, 15) is 5.26 Å². The number of fused-ring (bicyclic) bond motifs is 6. The average Bonchev–Trinajstić information content (AvgIpc) is 2.90. The van der Waals surface area contributed by atoms with E-state index in [4.69, 9.17) is 0 Å². The lowest BCUT2D eigenvalue weighted by Crippen LogP contribution is -2.14. The topological polar surface area (TPSA) is 27.0 Å². The summed E-state index contributed by atoms with van der Waals surface area (Å²) in [7, 11) is 0. The lowest BCUT2D eigenvalue weighted by molar-refractivity contribution is 1.17. The average molecular weight is 451 g/mol. The van der Waals surface area contributed by atoms with Gasteiger partial charge >= 0.3 is 0 Å². The second-order valence-electron chi connectivity index (χ2n) is 8.56. The molecule has 0 saturated carbocycles. The normalized spacial score (nSPS) is 12.5. The summed E-state index contributed by atoms with van der Waals surface area (Å²) in [6, 6.07) is 40.9. The molecule has 0 bridgehead atoms. The fraction of sp³-hybridized carbons (Fsp3) is 0. The molecular formula is C31H18N2S. The molecule has 0 fully saturated rings. The second kappa shape index (κ2) is 7.38. The molecule has 1 heterocycles. The van der Waals surface area contributed by atoms with Gasteiger partial charge in [0, 0.05) is 20.9 Å². The Kier molecular flexibility index (Phi) is 4.17. The number of hydrogen-bond acceptors (Lipinski definition) is 3. The molecule has 6 aromatic rings. The van der Waals surface area contributed by atoms with Crippen LogP contribution < -0.4 is 4.90 Å². The van der Waals surface area contributed by atoms with Gasteiger partial charge in [0.1, 0.15) is 0 Å². The van der Waals surface area contributed by atoms with Crippen molar-refractivity contribution in [2.45, 2.75) is 9.79 Å². The summed E-state index contributed by atoms with van der Waals surface area (Å²) in [4.78, 5) is 4.88. The highest BCUT2D eigenvalue weighted by Crippen LogP contribution is 2.51. The van der Waals surface area contributed by atoms with Crippen LogP contribution in [0.4, 0.5) is 17.1 Å². The summed E-state index contributed by atoms with van der Waals surface area (Å²) < 4.78 is 0. The molecule has 7 rings (SSSR count). The summed E-state index contributed by atoms with van der Waals surface area (Å²) in [5.74, 6) is 0. The maximum atomic E-state index is 9.69. The van der Waals surface area contributed by atoms with E-state index in [1.54, 1.807) is 0 Å². The third-order valence-corrected chi connectivity index (χ3v) is 7.74. The number of benzene rings is 6. The summed E-state index contributed by atoms with van der Waals surface area (Å²) in [5, 5.41) is 16.4. The van der Waals surface area contributed by atoms with Crippen molar-refractivity contribution in [1.29, 1.82) is 5.26 Å². The molecule has 3 heteroatoms. The monoisotopic (exact) mass is 450 g/mol. The van der Waals surface area contributed by atoms with Gasteiger partial charge in [-0.3, -0.25) is 0 Å². The van der Waals surface area contributed by atoms with Gasteiger partial charge in [-0.2, -0.15) is 5.26 Å². The minimum atomic E-state index is 0.720. The predicted molar refractivity (Wildman–Crippen MR) is 142 cm³/mol. The summed E-state index contributed by atoms with van der Waals surface area (Å²) >= 11 is 1.82. The van der Waals surface area contributed by atoms with E-state index in [-0.39, 0.29) is 0 Å². The van der Waals surface area contributed by atoms with Gasteiger partial charge in [0.05, 0.1) is 23.0 Å². The predicted octanol–water partition coefficient (Wildman–Crippen LogP) is 8.95. The molecule has 0 unspecified atom stereocenters. The van der Waals surface area contributed by atoms with E-state index in [2.05, 4.69) is 95.9 Å². The number of hydrogen-bond donors (Lipinski definition) is 0. The molecular weight excluding hydrogens is 432 g/mol. The first-order valence-electron chi connectivity index (χ1n) is 11.3. The molecule has 0 aliphatic carbocycles. The number of nitrogens with zero attached hydrogens (tertiary/aromatic N) is 2. The number of anilines is 3. The van der Waals surface area contributed by atoms with Crippen LogP contribution in [0.25, 0.3) is 32.3 Å². The Hall–Kier alpha value is -4.26. The van der Waals surface area contributed by atoms with Gasteiger partial charge in [-0.05, 0) is 81.5 Å². The van der Waals surface area contributed by atoms with Crippen molar-refractivity contribution >= 4 is 61.1 Å². The second-order valence-corrected chi connectivity index (χ2v) is 9.64. The fourth-order valence-corrected chi connectivity index (χ4v) is 6.11. The lowest BCUT2D eigenvalue weighted by Gasteiger charge is -2.33. The molecule has 0 atom stereocenters. The molecule has 0 radical (unpaired) electrons. The Bertz CT molecular complexity index is 1770. The standard InChI is InChI=1S/C31H18N2S/c32-19-23-16-22-15-20-13-14-24(17-21(20)18-27(22)26-8-2-1-7-25(23)26)33-28-9-3-5-11-30(28)34-31-12-6-4-10-29(31)33/h1-18H. The third-order valence-electron chi connectivity index (χ3n) is 6.61. The van der Waals surface area contributed by atoms with Crippen molar-refractivity contribution in [3.8, 4) is 6.07 Å². The number of para-hydroxylation sites is 2. The Balaban J connectivity index is 1.49. The smallest absolute Gasteiger partial charge is 0.0998 e. The van der Waals surface area contributed by atoms with E-state index < -0.39 is 0 Å². The molecule has 0 aromatic heterocycles. The third kappa shape index (κ3) is 2.83. The first kappa shape index (κ1) is 19.2. The van der Waals surface area contributed by atoms with Crippen LogP contribution in [-0.4, -0.2) is 0 Å². The van der Waals surface area contributed by atoms with Gasteiger partial charge in [-0.25, -0.2) is 0 Å². The Morgan fingerprint density at radius 3 is 1.97 bits per heavy atom. The van der Waals surface area contributed by atoms with E-state index in [0.717, 1.165) is 27.4 Å². The van der Waals surface area contributed by atoms with Crippen molar-refractivity contribution in [3.05, 3.63) is 115 Å². The molecule has 0 saturated heterocycles. The van der Waals surface area contributed by atoms with Crippen molar-refractivity contribution < 1.29 is 0 Å². The largest absolute Gasteiger partial charge is 0.308 e. The highest BCUT2D eigenvalue weighted by Gasteiger charge is 2.24. The van der Waals surface area contributed by atoms with E-state index in [0.29, 0.717) is 0 Å². The SMILES string of the molecule is N#Cc1cc2cc3ccc(N4c5ccccc5Sc5ccccc54)cc3cc2c2ccccc12. The highest BCUT2D eigenvalue weighted by molar-refractivity contribution is 7.99. The van der Waals surface area contributed by atoms with Gasteiger partial charge in [-0.15, -0.1) is 0 Å². The fourth-order valence-electron chi connectivity index (χ4n) is 5.06. The van der Waals surface area contributed by atoms with Crippen LogP contribution >= 0.6 is 11.8 Å². The molecule has 6 aromatic carbocycles. The van der Waals surface area contributed by atoms with Gasteiger partial charge in [-0.1, -0.05) is 66.4 Å². The van der Waals surface area contributed by atoms with Gasteiger partial charge in [0.25, 0.3) is 0 Å². The quantitative estimate of drug-likeness (QED) is 0.184. The molecule has 2 nitrogen and oxygen atoms in total. The van der Waals surface area contributed by atoms with Gasteiger partial charge in [0.2, 0.25) is 0 Å². The van der Waals surface area contributed by atoms with Crippen LogP contribution in [0.5, 0.6) is 0 Å². The van der Waals surface area contributed by atoms with Crippen LogP contribution in [0.2, 0.25) is 0 Å². The zero-order valence-electron chi connectivity index (χ0n) is 18.2. The van der Waals surface area contributed by atoms with E-state index >= 15 is 0 Å². The maximum absolute atomic E-state index is 9.69. The van der Waals surface area contributed by atoms with Gasteiger partial charge < -0.3 is 4.90 Å². The van der Waals surface area contributed by atoms with Crippen LogP contribution in [0.15, 0.2) is 119 Å². The van der Waals surface area contributed by atoms with E-state index in [1.165, 1.54) is 37.3 Å². The molecule has 0 N–H and O–H groups in total. The van der Waals surface area contributed by atoms with Crippen LogP contribution in [0.3, 0.4) is 0 Å². The minimum Gasteiger partial charge on any atom is -0.308 e. The van der Waals surface area contributed by atoms with Crippen LogP contribution in [0.1, 0.15) is 5.56 Å². The molecule has 1 aliphatic rings. The molecule has 158 valence electrons. The first-order valence-corrected chi connectivity index (χ1v) is 12.1. The van der Waals surface area contributed by atoms with Crippen molar-refractivity contribution in [3.63, 3.8) is 0 Å². The zero-order chi connectivity index (χ0) is 22.6. The Morgan fingerprint density at radius 1 is 0.559 bits per heavy atom. The van der Waals surface area contributed by atoms with E-state index in [1.807, 2.05) is 36.0 Å². The Labute approximate surface area is 201 Å². The summed E-state index contributed by atoms with van der Waals surface area (Å²) in [6.07, 6.45) is 0.